The Hall–Kier alpha value is -2.10. The number of anilines is 1. The van der Waals surface area contributed by atoms with Crippen molar-refractivity contribution in [2.45, 2.75) is 20.3 Å². The minimum atomic E-state index is 0.477. The van der Waals surface area contributed by atoms with E-state index in [1.807, 2.05) is 38.1 Å². The summed E-state index contributed by atoms with van der Waals surface area (Å²) in [4.78, 5) is 8.08. The maximum Gasteiger partial charge on any atom is 0.227 e. The third-order valence-corrected chi connectivity index (χ3v) is 2.50. The summed E-state index contributed by atoms with van der Waals surface area (Å²) in [7, 11) is 0. The predicted octanol–water partition coefficient (Wildman–Crippen LogP) is 2.72. The van der Waals surface area contributed by atoms with Crippen molar-refractivity contribution in [3.05, 3.63) is 41.7 Å². The van der Waals surface area contributed by atoms with Crippen LogP contribution in [0, 0.1) is 6.92 Å². The average molecular weight is 229 g/mol. The number of ether oxygens (including phenoxy) is 1. The van der Waals surface area contributed by atoms with E-state index in [1.165, 1.54) is 6.33 Å². The first-order valence-corrected chi connectivity index (χ1v) is 5.54. The topological polar surface area (TPSA) is 61.0 Å². The lowest BCUT2D eigenvalue weighted by atomic mass is 10.2. The maximum atomic E-state index is 5.78. The summed E-state index contributed by atoms with van der Waals surface area (Å²) in [6.07, 6.45) is 2.16. The summed E-state index contributed by atoms with van der Waals surface area (Å²) in [5.41, 5.74) is 7.77. The van der Waals surface area contributed by atoms with Crippen molar-refractivity contribution in [2.24, 2.45) is 0 Å². The number of hydrogen-bond donors (Lipinski definition) is 1. The molecule has 0 aliphatic heterocycles. The molecule has 0 aliphatic carbocycles. The van der Waals surface area contributed by atoms with Crippen LogP contribution in [0.3, 0.4) is 0 Å². The van der Waals surface area contributed by atoms with Gasteiger partial charge in [-0.3, -0.25) is 0 Å². The molecule has 88 valence electrons. The van der Waals surface area contributed by atoms with Gasteiger partial charge in [-0.1, -0.05) is 19.1 Å². The van der Waals surface area contributed by atoms with Crippen LogP contribution < -0.4 is 10.5 Å². The smallest absolute Gasteiger partial charge is 0.227 e. The van der Waals surface area contributed by atoms with E-state index < -0.39 is 0 Å². The van der Waals surface area contributed by atoms with Crippen molar-refractivity contribution < 1.29 is 4.74 Å². The zero-order valence-corrected chi connectivity index (χ0v) is 9.97. The summed E-state index contributed by atoms with van der Waals surface area (Å²) in [5, 5.41) is 0. The van der Waals surface area contributed by atoms with Crippen LogP contribution >= 0.6 is 0 Å². The molecule has 4 heteroatoms. The highest BCUT2D eigenvalue weighted by Crippen LogP contribution is 2.26. The molecule has 0 fully saturated rings. The molecule has 17 heavy (non-hydrogen) atoms. The van der Waals surface area contributed by atoms with Gasteiger partial charge in [0.05, 0.1) is 5.56 Å². The Labute approximate surface area is 100 Å². The molecule has 2 N–H and O–H groups in total. The monoisotopic (exact) mass is 229 g/mol. The molecule has 0 bridgehead atoms. The highest BCUT2D eigenvalue weighted by Gasteiger charge is 2.09. The second kappa shape index (κ2) is 4.82. The second-order valence-electron chi connectivity index (χ2n) is 3.81. The fourth-order valence-corrected chi connectivity index (χ4v) is 1.62. The molecule has 0 amide bonds. The van der Waals surface area contributed by atoms with E-state index in [-0.39, 0.29) is 0 Å². The summed E-state index contributed by atoms with van der Waals surface area (Å²) >= 11 is 0. The van der Waals surface area contributed by atoms with Gasteiger partial charge in [0.25, 0.3) is 0 Å². The molecule has 0 saturated carbocycles. The summed E-state index contributed by atoms with van der Waals surface area (Å²) in [6.45, 7) is 4.01. The van der Waals surface area contributed by atoms with Gasteiger partial charge in [-0.15, -0.1) is 0 Å². The number of nitrogens with two attached hydrogens (primary N) is 1. The molecule has 1 aromatic heterocycles. The van der Waals surface area contributed by atoms with E-state index in [0.29, 0.717) is 11.7 Å². The summed E-state index contributed by atoms with van der Waals surface area (Å²) < 4.78 is 5.73. The number of nitrogen functional groups attached to an aromatic ring is 1. The van der Waals surface area contributed by atoms with Gasteiger partial charge < -0.3 is 10.5 Å². The molecule has 4 nitrogen and oxygen atoms in total. The van der Waals surface area contributed by atoms with Crippen molar-refractivity contribution in [3.63, 3.8) is 0 Å². The molecule has 2 aromatic rings. The molecule has 0 saturated heterocycles. The van der Waals surface area contributed by atoms with Gasteiger partial charge in [-0.25, -0.2) is 9.97 Å². The van der Waals surface area contributed by atoms with E-state index in [2.05, 4.69) is 9.97 Å². The van der Waals surface area contributed by atoms with Gasteiger partial charge in [0, 0.05) is 0 Å². The SMILES string of the molecule is CCc1c(N)ncnc1Oc1cccc(C)c1. The minimum absolute atomic E-state index is 0.477. The largest absolute Gasteiger partial charge is 0.439 e. The van der Waals surface area contributed by atoms with Crippen molar-refractivity contribution in [1.82, 2.24) is 9.97 Å². The number of aromatic nitrogens is 2. The third kappa shape index (κ3) is 2.53. The van der Waals surface area contributed by atoms with Gasteiger partial charge in [-0.05, 0) is 31.0 Å². The fraction of sp³-hybridized carbons (Fsp3) is 0.231. The van der Waals surface area contributed by atoms with Crippen LogP contribution in [0.1, 0.15) is 18.1 Å². The molecule has 0 spiro atoms. The average Bonchev–Trinajstić information content (AvgIpc) is 2.29. The van der Waals surface area contributed by atoms with Crippen LogP contribution in [0.15, 0.2) is 30.6 Å². The molecule has 0 aliphatic rings. The molecule has 2 rings (SSSR count). The number of hydrogen-bond acceptors (Lipinski definition) is 4. The van der Waals surface area contributed by atoms with E-state index in [0.717, 1.165) is 23.3 Å². The quantitative estimate of drug-likeness (QED) is 0.879. The Balaban J connectivity index is 2.33. The van der Waals surface area contributed by atoms with E-state index in [9.17, 15) is 0 Å². The molecule has 0 radical (unpaired) electrons. The molecule has 1 heterocycles. The van der Waals surface area contributed by atoms with Crippen LogP contribution in [-0.2, 0) is 6.42 Å². The Morgan fingerprint density at radius 1 is 1.29 bits per heavy atom. The van der Waals surface area contributed by atoms with E-state index in [1.54, 1.807) is 0 Å². The Bertz CT molecular complexity index is 526. The number of nitrogens with zero attached hydrogens (tertiary/aromatic N) is 2. The highest BCUT2D eigenvalue weighted by molar-refractivity contribution is 5.46. The first kappa shape index (κ1) is 11.4. The van der Waals surface area contributed by atoms with E-state index in [4.69, 9.17) is 10.5 Å². The van der Waals surface area contributed by atoms with E-state index >= 15 is 0 Å². The normalized spacial score (nSPS) is 10.2. The van der Waals surface area contributed by atoms with Crippen LogP contribution in [0.4, 0.5) is 5.82 Å². The Kier molecular flexibility index (Phi) is 3.23. The Morgan fingerprint density at radius 3 is 2.82 bits per heavy atom. The molecule has 0 atom stereocenters. The minimum Gasteiger partial charge on any atom is -0.439 e. The first-order chi connectivity index (χ1) is 8.20. The zero-order chi connectivity index (χ0) is 12.3. The van der Waals surface area contributed by atoms with Crippen LogP contribution in [0.5, 0.6) is 11.6 Å². The first-order valence-electron chi connectivity index (χ1n) is 5.54. The molecule has 1 aromatic carbocycles. The lowest BCUT2D eigenvalue weighted by Crippen LogP contribution is -2.01. The fourth-order valence-electron chi connectivity index (χ4n) is 1.62. The number of aryl methyl sites for hydroxylation is 1. The maximum absolute atomic E-state index is 5.78. The highest BCUT2D eigenvalue weighted by atomic mass is 16.5. The lowest BCUT2D eigenvalue weighted by Gasteiger charge is -2.10. The van der Waals surface area contributed by atoms with Gasteiger partial charge in [0.2, 0.25) is 5.88 Å². The molecular formula is C13H15N3O. The standard InChI is InChI=1S/C13H15N3O/c1-3-11-12(14)15-8-16-13(11)17-10-6-4-5-9(2)7-10/h4-8H,3H2,1-2H3,(H2,14,15,16). The summed E-state index contributed by atoms with van der Waals surface area (Å²) in [6, 6.07) is 7.81. The van der Waals surface area contributed by atoms with Crippen LogP contribution in [0.2, 0.25) is 0 Å². The lowest BCUT2D eigenvalue weighted by molar-refractivity contribution is 0.455. The molecular weight excluding hydrogens is 214 g/mol. The van der Waals surface area contributed by atoms with Crippen molar-refractivity contribution in [2.75, 3.05) is 5.73 Å². The predicted molar refractivity (Wildman–Crippen MR) is 67.1 cm³/mol. The zero-order valence-electron chi connectivity index (χ0n) is 9.97. The number of rotatable bonds is 3. The summed E-state index contributed by atoms with van der Waals surface area (Å²) in [5.74, 6) is 1.77. The van der Waals surface area contributed by atoms with Crippen molar-refractivity contribution in [3.8, 4) is 11.6 Å². The van der Waals surface area contributed by atoms with Crippen molar-refractivity contribution >= 4 is 5.82 Å². The van der Waals surface area contributed by atoms with Gasteiger partial charge in [0.15, 0.2) is 0 Å². The Morgan fingerprint density at radius 2 is 2.12 bits per heavy atom. The van der Waals surface area contributed by atoms with Gasteiger partial charge in [-0.2, -0.15) is 0 Å². The van der Waals surface area contributed by atoms with Crippen LogP contribution in [0.25, 0.3) is 0 Å². The van der Waals surface area contributed by atoms with Gasteiger partial charge in [0.1, 0.15) is 17.9 Å². The van der Waals surface area contributed by atoms with Crippen LogP contribution in [-0.4, -0.2) is 9.97 Å². The molecule has 0 unspecified atom stereocenters. The second-order valence-corrected chi connectivity index (χ2v) is 3.81. The number of benzene rings is 1. The van der Waals surface area contributed by atoms with Gasteiger partial charge >= 0.3 is 0 Å². The van der Waals surface area contributed by atoms with Crippen molar-refractivity contribution in [1.29, 1.82) is 0 Å². The third-order valence-electron chi connectivity index (χ3n) is 2.50.